The van der Waals surface area contributed by atoms with Gasteiger partial charge in [0, 0.05) is 36.8 Å². The molecule has 0 aromatic carbocycles. The molecule has 1 aliphatic heterocycles. The number of amides is 1. The van der Waals surface area contributed by atoms with Gasteiger partial charge in [-0.15, -0.1) is 0 Å². The van der Waals surface area contributed by atoms with Gasteiger partial charge in [-0.25, -0.2) is 4.98 Å². The summed E-state index contributed by atoms with van der Waals surface area (Å²) < 4.78 is 2.20. The third kappa shape index (κ3) is 2.51. The summed E-state index contributed by atoms with van der Waals surface area (Å²) in [6.45, 7) is 5.31. The number of aromatic nitrogens is 2. The van der Waals surface area contributed by atoms with E-state index in [-0.39, 0.29) is 11.4 Å². The second-order valence-corrected chi connectivity index (χ2v) is 4.94. The molecule has 0 spiro atoms. The highest BCUT2D eigenvalue weighted by molar-refractivity contribution is 5.79. The summed E-state index contributed by atoms with van der Waals surface area (Å²) in [5, 5.41) is 3.14. The molecule has 0 aliphatic carbocycles. The van der Waals surface area contributed by atoms with Gasteiger partial charge in [0.2, 0.25) is 5.91 Å². The van der Waals surface area contributed by atoms with E-state index in [0.29, 0.717) is 6.42 Å². The van der Waals surface area contributed by atoms with Gasteiger partial charge < -0.3 is 9.88 Å². The van der Waals surface area contributed by atoms with Crippen LogP contribution < -0.4 is 5.32 Å². The Kier molecular flexibility index (Phi) is 3.50. The minimum atomic E-state index is -0.0391. The lowest BCUT2D eigenvalue weighted by Gasteiger charge is -2.28. The molecule has 0 saturated carbocycles. The van der Waals surface area contributed by atoms with Crippen LogP contribution in [0.15, 0.2) is 12.5 Å². The molecule has 1 atom stereocenters. The van der Waals surface area contributed by atoms with E-state index in [0.717, 1.165) is 32.2 Å². The van der Waals surface area contributed by atoms with Crippen molar-refractivity contribution < 1.29 is 4.79 Å². The van der Waals surface area contributed by atoms with Crippen LogP contribution in [-0.4, -0.2) is 21.0 Å². The van der Waals surface area contributed by atoms with Gasteiger partial charge in [-0.3, -0.25) is 4.79 Å². The average Bonchev–Trinajstić information content (AvgIpc) is 2.89. The lowest BCUT2D eigenvalue weighted by Crippen LogP contribution is -2.43. The minimum Gasteiger partial charge on any atom is -0.350 e. The number of carbonyl (C=O) groups is 1. The van der Waals surface area contributed by atoms with E-state index in [1.54, 1.807) is 0 Å². The number of imidazole rings is 1. The third-order valence-corrected chi connectivity index (χ3v) is 3.69. The number of nitrogens with zero attached hydrogens (tertiary/aromatic N) is 2. The van der Waals surface area contributed by atoms with Crippen molar-refractivity contribution in [2.45, 2.75) is 58.0 Å². The Balaban J connectivity index is 2.13. The second kappa shape index (κ2) is 4.90. The minimum absolute atomic E-state index is 0.0391. The number of nitrogens with one attached hydrogen (secondary N) is 1. The topological polar surface area (TPSA) is 46.9 Å². The van der Waals surface area contributed by atoms with Gasteiger partial charge in [0.1, 0.15) is 0 Å². The molecule has 1 fully saturated rings. The predicted molar refractivity (Wildman–Crippen MR) is 66.6 cm³/mol. The summed E-state index contributed by atoms with van der Waals surface area (Å²) in [5.41, 5.74) is 1.19. The lowest BCUT2D eigenvalue weighted by molar-refractivity contribution is -0.119. The second-order valence-electron chi connectivity index (χ2n) is 4.94. The molecule has 0 bridgehead atoms. The van der Waals surface area contributed by atoms with Gasteiger partial charge in [0.05, 0.1) is 6.33 Å². The van der Waals surface area contributed by atoms with Crippen LogP contribution in [0.25, 0.3) is 0 Å². The number of hydrogen-bond donors (Lipinski definition) is 1. The first-order valence-corrected chi connectivity index (χ1v) is 6.49. The Hall–Kier alpha value is -1.32. The summed E-state index contributed by atoms with van der Waals surface area (Å²) in [4.78, 5) is 15.6. The van der Waals surface area contributed by atoms with Crippen LogP contribution in [0.4, 0.5) is 0 Å². The molecule has 1 unspecified atom stereocenters. The lowest BCUT2D eigenvalue weighted by atomic mass is 9.89. The van der Waals surface area contributed by atoms with Crippen molar-refractivity contribution in [3.8, 4) is 0 Å². The summed E-state index contributed by atoms with van der Waals surface area (Å²) >= 11 is 0. The number of carbonyl (C=O) groups excluding carboxylic acids is 1. The third-order valence-electron chi connectivity index (χ3n) is 3.69. The Morgan fingerprint density at radius 1 is 1.53 bits per heavy atom. The molecule has 1 amide bonds. The summed E-state index contributed by atoms with van der Waals surface area (Å²) in [6, 6.07) is 0. The van der Waals surface area contributed by atoms with E-state index >= 15 is 0 Å². The van der Waals surface area contributed by atoms with Gasteiger partial charge >= 0.3 is 0 Å². The first-order chi connectivity index (χ1) is 8.19. The molecule has 17 heavy (non-hydrogen) atoms. The van der Waals surface area contributed by atoms with Crippen LogP contribution in [0.1, 0.15) is 45.2 Å². The zero-order valence-electron chi connectivity index (χ0n) is 10.7. The van der Waals surface area contributed by atoms with Crippen LogP contribution in [0, 0.1) is 0 Å². The van der Waals surface area contributed by atoms with Gasteiger partial charge in [-0.2, -0.15) is 0 Å². The molecule has 2 heterocycles. The molecule has 1 aromatic rings. The standard InChI is InChI=1S/C13H21N3O/c1-3-7-16-10-14-9-11(16)8-13(4-2)6-5-12(17)15-13/h9-10H,3-8H2,1-2H3,(H,15,17). The number of rotatable bonds is 5. The van der Waals surface area contributed by atoms with E-state index in [1.165, 1.54) is 5.69 Å². The monoisotopic (exact) mass is 235 g/mol. The van der Waals surface area contributed by atoms with Crippen molar-refractivity contribution in [2.75, 3.05) is 0 Å². The van der Waals surface area contributed by atoms with E-state index in [2.05, 4.69) is 28.7 Å². The van der Waals surface area contributed by atoms with Gasteiger partial charge in [-0.1, -0.05) is 13.8 Å². The SMILES string of the molecule is CCCn1cncc1CC1(CC)CCC(=O)N1. The maximum absolute atomic E-state index is 11.4. The predicted octanol–water partition coefficient (Wildman–Crippen LogP) is 1.89. The number of aryl methyl sites for hydroxylation is 1. The van der Waals surface area contributed by atoms with E-state index < -0.39 is 0 Å². The molecular formula is C13H21N3O. The Labute approximate surface area is 102 Å². The summed E-state index contributed by atoms with van der Waals surface area (Å²) in [5.74, 6) is 0.188. The first-order valence-electron chi connectivity index (χ1n) is 6.49. The van der Waals surface area contributed by atoms with E-state index in [4.69, 9.17) is 0 Å². The van der Waals surface area contributed by atoms with Gasteiger partial charge in [0.15, 0.2) is 0 Å². The molecule has 1 aliphatic rings. The zero-order chi connectivity index (χ0) is 12.3. The molecule has 1 N–H and O–H groups in total. The maximum atomic E-state index is 11.4. The van der Waals surface area contributed by atoms with Crippen LogP contribution in [0.2, 0.25) is 0 Å². The van der Waals surface area contributed by atoms with Crippen molar-refractivity contribution in [1.29, 1.82) is 0 Å². The van der Waals surface area contributed by atoms with Gasteiger partial charge in [-0.05, 0) is 19.3 Å². The van der Waals surface area contributed by atoms with Crippen molar-refractivity contribution in [1.82, 2.24) is 14.9 Å². The fourth-order valence-electron chi connectivity index (χ4n) is 2.58. The molecule has 4 nitrogen and oxygen atoms in total. The molecule has 0 radical (unpaired) electrons. The van der Waals surface area contributed by atoms with Crippen LogP contribution in [0.3, 0.4) is 0 Å². The smallest absolute Gasteiger partial charge is 0.220 e. The molecule has 1 saturated heterocycles. The molecule has 94 valence electrons. The Morgan fingerprint density at radius 2 is 2.35 bits per heavy atom. The van der Waals surface area contributed by atoms with Crippen molar-refractivity contribution in [3.63, 3.8) is 0 Å². The fourth-order valence-corrected chi connectivity index (χ4v) is 2.58. The van der Waals surface area contributed by atoms with E-state index in [9.17, 15) is 4.79 Å². The van der Waals surface area contributed by atoms with Crippen molar-refractivity contribution in [2.24, 2.45) is 0 Å². The quantitative estimate of drug-likeness (QED) is 0.847. The first kappa shape index (κ1) is 12.1. The highest BCUT2D eigenvalue weighted by Gasteiger charge is 2.36. The zero-order valence-corrected chi connectivity index (χ0v) is 10.7. The molecule has 2 rings (SSSR count). The van der Waals surface area contributed by atoms with Crippen LogP contribution >= 0.6 is 0 Å². The average molecular weight is 235 g/mol. The van der Waals surface area contributed by atoms with Crippen LogP contribution in [-0.2, 0) is 17.8 Å². The van der Waals surface area contributed by atoms with Crippen molar-refractivity contribution in [3.05, 3.63) is 18.2 Å². The molecular weight excluding hydrogens is 214 g/mol. The Bertz CT molecular complexity index is 399. The maximum Gasteiger partial charge on any atom is 0.220 e. The highest BCUT2D eigenvalue weighted by Crippen LogP contribution is 2.27. The molecule has 4 heteroatoms. The number of hydrogen-bond acceptors (Lipinski definition) is 2. The largest absolute Gasteiger partial charge is 0.350 e. The molecule has 1 aromatic heterocycles. The normalized spacial score (nSPS) is 24.0. The van der Waals surface area contributed by atoms with Gasteiger partial charge in [0.25, 0.3) is 0 Å². The fraction of sp³-hybridized carbons (Fsp3) is 0.692. The van der Waals surface area contributed by atoms with E-state index in [1.807, 2.05) is 12.5 Å². The highest BCUT2D eigenvalue weighted by atomic mass is 16.2. The van der Waals surface area contributed by atoms with Crippen LogP contribution in [0.5, 0.6) is 0 Å². The summed E-state index contributed by atoms with van der Waals surface area (Å²) in [7, 11) is 0. The Morgan fingerprint density at radius 3 is 2.94 bits per heavy atom. The van der Waals surface area contributed by atoms with Crippen molar-refractivity contribution >= 4 is 5.91 Å². The summed E-state index contributed by atoms with van der Waals surface area (Å²) in [6.07, 6.45) is 8.41.